The molecule has 0 heterocycles. The third-order valence-electron chi connectivity index (χ3n) is 2.14. The molecule has 0 saturated heterocycles. The highest BCUT2D eigenvalue weighted by Gasteiger charge is 2.17. The Hall–Kier alpha value is -0.890. The highest BCUT2D eigenvalue weighted by molar-refractivity contribution is 14.1. The second-order valence-electron chi connectivity index (χ2n) is 4.14. The molecule has 3 N–H and O–H groups in total. The standard InChI is InChI=1S/C10H14IN3O2/c1-10(2,6-12)13-7-3-4-9(14(15)16)8(11)5-7/h3-5,13H,6,12H2,1-2H3. The van der Waals surface area contributed by atoms with Gasteiger partial charge in [0.25, 0.3) is 5.69 Å². The number of hydrogen-bond acceptors (Lipinski definition) is 4. The highest BCUT2D eigenvalue weighted by atomic mass is 127. The van der Waals surface area contributed by atoms with Gasteiger partial charge in [0.1, 0.15) is 0 Å². The summed E-state index contributed by atoms with van der Waals surface area (Å²) in [5, 5.41) is 13.9. The third kappa shape index (κ3) is 3.31. The van der Waals surface area contributed by atoms with Gasteiger partial charge in [-0.25, -0.2) is 0 Å². The molecule has 1 aromatic carbocycles. The van der Waals surface area contributed by atoms with E-state index in [4.69, 9.17) is 5.73 Å². The number of anilines is 1. The van der Waals surface area contributed by atoms with Gasteiger partial charge in [0, 0.05) is 23.8 Å². The van der Waals surface area contributed by atoms with E-state index in [1.54, 1.807) is 12.1 Å². The van der Waals surface area contributed by atoms with Crippen molar-refractivity contribution in [3.63, 3.8) is 0 Å². The molecule has 0 unspecified atom stereocenters. The lowest BCUT2D eigenvalue weighted by atomic mass is 10.1. The van der Waals surface area contributed by atoms with Gasteiger partial charge in [0.05, 0.1) is 8.49 Å². The number of halogens is 1. The second-order valence-corrected chi connectivity index (χ2v) is 5.30. The smallest absolute Gasteiger partial charge is 0.282 e. The molecule has 0 fully saturated rings. The molecule has 16 heavy (non-hydrogen) atoms. The lowest BCUT2D eigenvalue weighted by molar-refractivity contribution is -0.385. The summed E-state index contributed by atoms with van der Waals surface area (Å²) in [6, 6.07) is 4.94. The zero-order valence-electron chi connectivity index (χ0n) is 9.16. The summed E-state index contributed by atoms with van der Waals surface area (Å²) < 4.78 is 0.612. The Morgan fingerprint density at radius 2 is 2.19 bits per heavy atom. The van der Waals surface area contributed by atoms with Crippen LogP contribution in [0.1, 0.15) is 13.8 Å². The van der Waals surface area contributed by atoms with Gasteiger partial charge in [-0.2, -0.15) is 0 Å². The average Bonchev–Trinajstić information content (AvgIpc) is 2.16. The zero-order valence-corrected chi connectivity index (χ0v) is 11.3. The minimum atomic E-state index is -0.389. The number of rotatable bonds is 4. The predicted octanol–water partition coefficient (Wildman–Crippen LogP) is 2.35. The third-order valence-corrected chi connectivity index (χ3v) is 3.00. The Morgan fingerprint density at radius 1 is 1.56 bits per heavy atom. The zero-order chi connectivity index (χ0) is 12.3. The van der Waals surface area contributed by atoms with Crippen molar-refractivity contribution in [1.82, 2.24) is 0 Å². The number of nitro benzene ring substituents is 1. The van der Waals surface area contributed by atoms with Crippen LogP contribution in [-0.2, 0) is 0 Å². The van der Waals surface area contributed by atoms with Gasteiger partial charge >= 0.3 is 0 Å². The molecule has 0 spiro atoms. The molecule has 0 aromatic heterocycles. The first kappa shape index (κ1) is 13.2. The van der Waals surface area contributed by atoms with Crippen molar-refractivity contribution in [3.8, 4) is 0 Å². The van der Waals surface area contributed by atoms with E-state index < -0.39 is 0 Å². The van der Waals surface area contributed by atoms with E-state index in [1.165, 1.54) is 6.07 Å². The molecule has 5 nitrogen and oxygen atoms in total. The Bertz CT molecular complexity index is 407. The van der Waals surface area contributed by atoms with Crippen LogP contribution < -0.4 is 11.1 Å². The topological polar surface area (TPSA) is 81.2 Å². The number of nitrogens with one attached hydrogen (secondary N) is 1. The van der Waals surface area contributed by atoms with Crippen LogP contribution in [-0.4, -0.2) is 17.0 Å². The summed E-state index contributed by atoms with van der Waals surface area (Å²) in [6.45, 7) is 4.43. The summed E-state index contributed by atoms with van der Waals surface area (Å²) >= 11 is 1.95. The molecule has 0 aliphatic heterocycles. The van der Waals surface area contributed by atoms with E-state index in [9.17, 15) is 10.1 Å². The number of nitro groups is 1. The van der Waals surface area contributed by atoms with E-state index in [2.05, 4.69) is 5.32 Å². The Labute approximate surface area is 108 Å². The predicted molar refractivity (Wildman–Crippen MR) is 72.6 cm³/mol. The van der Waals surface area contributed by atoms with Crippen LogP contribution in [0.15, 0.2) is 18.2 Å². The van der Waals surface area contributed by atoms with Crippen LogP contribution in [0.3, 0.4) is 0 Å². The average molecular weight is 335 g/mol. The van der Waals surface area contributed by atoms with Crippen LogP contribution in [0.25, 0.3) is 0 Å². The number of nitrogens with two attached hydrogens (primary N) is 1. The minimum Gasteiger partial charge on any atom is -0.379 e. The molecule has 0 saturated carbocycles. The van der Waals surface area contributed by atoms with Gasteiger partial charge in [-0.3, -0.25) is 10.1 Å². The fourth-order valence-corrected chi connectivity index (χ4v) is 1.89. The van der Waals surface area contributed by atoms with Crippen molar-refractivity contribution < 1.29 is 4.92 Å². The van der Waals surface area contributed by atoms with Crippen molar-refractivity contribution >= 4 is 34.0 Å². The van der Waals surface area contributed by atoms with Crippen molar-refractivity contribution in [3.05, 3.63) is 31.9 Å². The maximum Gasteiger partial charge on any atom is 0.282 e. The quantitative estimate of drug-likeness (QED) is 0.503. The van der Waals surface area contributed by atoms with Crippen LogP contribution in [0.4, 0.5) is 11.4 Å². The van der Waals surface area contributed by atoms with Crippen molar-refractivity contribution in [1.29, 1.82) is 0 Å². The molecule has 0 amide bonds. The van der Waals surface area contributed by atoms with Gasteiger partial charge in [-0.15, -0.1) is 0 Å². The monoisotopic (exact) mass is 335 g/mol. The van der Waals surface area contributed by atoms with E-state index in [0.717, 1.165) is 5.69 Å². The summed E-state index contributed by atoms with van der Waals surface area (Å²) in [5.41, 5.74) is 6.34. The molecule has 0 radical (unpaired) electrons. The Balaban J connectivity index is 2.94. The number of benzene rings is 1. The first-order chi connectivity index (χ1) is 7.35. The lowest BCUT2D eigenvalue weighted by Gasteiger charge is -2.25. The van der Waals surface area contributed by atoms with E-state index >= 15 is 0 Å². The molecule has 1 rings (SSSR count). The van der Waals surface area contributed by atoms with Crippen molar-refractivity contribution in [2.75, 3.05) is 11.9 Å². The van der Waals surface area contributed by atoms with E-state index in [-0.39, 0.29) is 16.1 Å². The molecule has 0 atom stereocenters. The first-order valence-electron chi connectivity index (χ1n) is 4.78. The van der Waals surface area contributed by atoms with Crippen LogP contribution >= 0.6 is 22.6 Å². The second kappa shape index (κ2) is 4.96. The van der Waals surface area contributed by atoms with Crippen LogP contribution in [0.2, 0.25) is 0 Å². The Kier molecular flexibility index (Phi) is 4.09. The summed E-state index contributed by atoms with van der Waals surface area (Å²) in [5.74, 6) is 0. The van der Waals surface area contributed by atoms with Gasteiger partial charge in [0.2, 0.25) is 0 Å². The highest BCUT2D eigenvalue weighted by Crippen LogP contribution is 2.25. The Morgan fingerprint density at radius 3 is 2.62 bits per heavy atom. The first-order valence-corrected chi connectivity index (χ1v) is 5.86. The van der Waals surface area contributed by atoms with Gasteiger partial charge in [-0.1, -0.05) is 0 Å². The molecular formula is C10H14IN3O2. The van der Waals surface area contributed by atoms with Gasteiger partial charge in [0.15, 0.2) is 0 Å². The van der Waals surface area contributed by atoms with Gasteiger partial charge in [-0.05, 0) is 48.6 Å². The molecular weight excluding hydrogens is 321 g/mol. The SMILES string of the molecule is CC(C)(CN)Nc1ccc([N+](=O)[O-])c(I)c1. The fourth-order valence-electron chi connectivity index (χ4n) is 1.17. The maximum atomic E-state index is 10.6. The molecule has 0 aliphatic carbocycles. The van der Waals surface area contributed by atoms with E-state index in [0.29, 0.717) is 10.1 Å². The fraction of sp³-hybridized carbons (Fsp3) is 0.400. The van der Waals surface area contributed by atoms with Crippen LogP contribution in [0, 0.1) is 13.7 Å². The maximum absolute atomic E-state index is 10.6. The number of hydrogen-bond donors (Lipinski definition) is 2. The molecule has 0 bridgehead atoms. The normalized spacial score (nSPS) is 11.2. The minimum absolute atomic E-state index is 0.122. The van der Waals surface area contributed by atoms with Gasteiger partial charge < -0.3 is 11.1 Å². The largest absolute Gasteiger partial charge is 0.379 e. The summed E-state index contributed by atoms with van der Waals surface area (Å²) in [4.78, 5) is 10.2. The molecule has 88 valence electrons. The molecule has 0 aliphatic rings. The van der Waals surface area contributed by atoms with Crippen LogP contribution in [0.5, 0.6) is 0 Å². The van der Waals surface area contributed by atoms with Crippen molar-refractivity contribution in [2.45, 2.75) is 19.4 Å². The summed E-state index contributed by atoms with van der Waals surface area (Å²) in [6.07, 6.45) is 0. The summed E-state index contributed by atoms with van der Waals surface area (Å²) in [7, 11) is 0. The van der Waals surface area contributed by atoms with Crippen molar-refractivity contribution in [2.24, 2.45) is 5.73 Å². The van der Waals surface area contributed by atoms with E-state index in [1.807, 2.05) is 36.4 Å². The lowest BCUT2D eigenvalue weighted by Crippen LogP contribution is -2.39. The number of nitrogens with zero attached hydrogens (tertiary/aromatic N) is 1. The molecule has 1 aromatic rings. The molecule has 6 heteroatoms.